The van der Waals surface area contributed by atoms with Crippen LogP contribution in [0.3, 0.4) is 0 Å². The third-order valence-corrected chi connectivity index (χ3v) is 3.58. The fraction of sp³-hybridized carbons (Fsp3) is 0.429. The van der Waals surface area contributed by atoms with Gasteiger partial charge >= 0.3 is 0 Å². The van der Waals surface area contributed by atoms with E-state index in [9.17, 15) is 0 Å². The minimum absolute atomic E-state index is 0.0397. The van der Waals surface area contributed by atoms with Gasteiger partial charge in [-0.15, -0.1) is 0 Å². The van der Waals surface area contributed by atoms with Crippen molar-refractivity contribution in [3.8, 4) is 0 Å². The molecule has 2 rings (SSSR count). The van der Waals surface area contributed by atoms with Crippen molar-refractivity contribution in [1.29, 1.82) is 5.41 Å². The van der Waals surface area contributed by atoms with Gasteiger partial charge in [-0.25, -0.2) is 0 Å². The molecule has 1 aromatic carbocycles. The summed E-state index contributed by atoms with van der Waals surface area (Å²) in [4.78, 5) is 1.64. The van der Waals surface area contributed by atoms with Crippen LogP contribution in [0.15, 0.2) is 18.2 Å². The number of hydrogen-bond donors (Lipinski definition) is 3. The fourth-order valence-electron chi connectivity index (χ4n) is 2.12. The quantitative estimate of drug-likeness (QED) is 0.450. The Morgan fingerprint density at radius 3 is 2.74 bits per heavy atom. The zero-order valence-corrected chi connectivity index (χ0v) is 12.2. The number of guanidine groups is 1. The highest BCUT2D eigenvalue weighted by molar-refractivity contribution is 7.80. The lowest BCUT2D eigenvalue weighted by molar-refractivity contribution is 0.906. The minimum Gasteiger partial charge on any atom is -0.369 e. The topological polar surface area (TPSA) is 65.1 Å². The first kappa shape index (κ1) is 13.8. The highest BCUT2D eigenvalue weighted by Crippen LogP contribution is 2.27. The van der Waals surface area contributed by atoms with E-state index in [1.54, 1.807) is 4.90 Å². The van der Waals surface area contributed by atoms with Crippen molar-refractivity contribution in [3.63, 3.8) is 0 Å². The molecular formula is C14H20N4S. The van der Waals surface area contributed by atoms with Crippen molar-refractivity contribution in [3.05, 3.63) is 29.3 Å². The lowest BCUT2D eigenvalue weighted by Gasteiger charge is -2.27. The summed E-state index contributed by atoms with van der Waals surface area (Å²) in [7, 11) is 0. The van der Waals surface area contributed by atoms with Gasteiger partial charge in [-0.2, -0.15) is 0 Å². The van der Waals surface area contributed by atoms with E-state index >= 15 is 0 Å². The summed E-state index contributed by atoms with van der Waals surface area (Å²) in [5.74, 6) is -0.0397. The largest absolute Gasteiger partial charge is 0.369 e. The third-order valence-electron chi connectivity index (χ3n) is 3.27. The molecule has 1 saturated carbocycles. The van der Waals surface area contributed by atoms with Gasteiger partial charge in [-0.05, 0) is 49.5 Å². The molecule has 0 saturated heterocycles. The molecule has 4 nitrogen and oxygen atoms in total. The van der Waals surface area contributed by atoms with E-state index in [4.69, 9.17) is 23.4 Å². The van der Waals surface area contributed by atoms with E-state index in [1.165, 1.54) is 0 Å². The van der Waals surface area contributed by atoms with Crippen LogP contribution in [-0.2, 0) is 6.42 Å². The van der Waals surface area contributed by atoms with Crippen LogP contribution in [0, 0.1) is 12.3 Å². The number of aryl methyl sites for hydroxylation is 2. The standard InChI is InChI=1S/C14H20N4S/c1-3-10-6-4-5-9(2)12(10)18(13(15)16)14(19)17-11-7-8-11/h4-6,11H,3,7-8H2,1-2H3,(H3,15,16)(H,17,19). The number of anilines is 1. The van der Waals surface area contributed by atoms with Gasteiger partial charge in [0.2, 0.25) is 0 Å². The molecule has 0 radical (unpaired) electrons. The van der Waals surface area contributed by atoms with Gasteiger partial charge in [0, 0.05) is 6.04 Å². The van der Waals surface area contributed by atoms with E-state index < -0.39 is 0 Å². The van der Waals surface area contributed by atoms with Gasteiger partial charge in [-0.1, -0.05) is 25.1 Å². The van der Waals surface area contributed by atoms with Gasteiger partial charge in [0.05, 0.1) is 5.69 Å². The second-order valence-electron chi connectivity index (χ2n) is 4.88. The summed E-state index contributed by atoms with van der Waals surface area (Å²) >= 11 is 5.41. The summed E-state index contributed by atoms with van der Waals surface area (Å²) < 4.78 is 0. The molecule has 5 heteroatoms. The Labute approximate surface area is 119 Å². The van der Waals surface area contributed by atoms with E-state index in [0.29, 0.717) is 11.2 Å². The summed E-state index contributed by atoms with van der Waals surface area (Å²) in [6, 6.07) is 6.54. The molecule has 0 amide bonds. The van der Waals surface area contributed by atoms with Gasteiger partial charge < -0.3 is 11.1 Å². The number of para-hydroxylation sites is 1. The number of thiocarbonyl (C=S) groups is 1. The predicted molar refractivity (Wildman–Crippen MR) is 83.7 cm³/mol. The molecule has 0 atom stereocenters. The first-order chi connectivity index (χ1) is 9.04. The third kappa shape index (κ3) is 3.04. The fourth-order valence-corrected chi connectivity index (χ4v) is 2.48. The Morgan fingerprint density at radius 1 is 1.53 bits per heavy atom. The Hall–Kier alpha value is -1.62. The Kier molecular flexibility index (Phi) is 4.04. The van der Waals surface area contributed by atoms with Crippen LogP contribution in [0.5, 0.6) is 0 Å². The molecule has 19 heavy (non-hydrogen) atoms. The molecule has 0 aliphatic heterocycles. The average Bonchev–Trinajstić information content (AvgIpc) is 3.15. The lowest BCUT2D eigenvalue weighted by Crippen LogP contribution is -2.48. The number of nitrogens with zero attached hydrogens (tertiary/aromatic N) is 1. The molecular weight excluding hydrogens is 256 g/mol. The number of nitrogens with one attached hydrogen (secondary N) is 2. The van der Waals surface area contributed by atoms with E-state index in [0.717, 1.165) is 36.1 Å². The Morgan fingerprint density at radius 2 is 2.21 bits per heavy atom. The van der Waals surface area contributed by atoms with Crippen LogP contribution in [0.1, 0.15) is 30.9 Å². The van der Waals surface area contributed by atoms with Crippen LogP contribution >= 0.6 is 12.2 Å². The smallest absolute Gasteiger partial charge is 0.199 e. The molecule has 0 unspecified atom stereocenters. The first-order valence-corrected chi connectivity index (χ1v) is 6.98. The predicted octanol–water partition coefficient (Wildman–Crippen LogP) is 2.29. The van der Waals surface area contributed by atoms with Crippen molar-refractivity contribution >= 4 is 29.0 Å². The van der Waals surface area contributed by atoms with Gasteiger partial charge in [0.15, 0.2) is 11.1 Å². The van der Waals surface area contributed by atoms with Crippen molar-refractivity contribution in [2.75, 3.05) is 4.90 Å². The normalized spacial score (nSPS) is 14.0. The van der Waals surface area contributed by atoms with Crippen LogP contribution in [0.4, 0.5) is 5.69 Å². The SMILES string of the molecule is CCc1cccc(C)c1N(C(=N)N)C(=S)NC1CC1. The number of hydrogen-bond acceptors (Lipinski definition) is 2. The Bertz CT molecular complexity index is 508. The highest BCUT2D eigenvalue weighted by Gasteiger charge is 2.26. The van der Waals surface area contributed by atoms with Crippen LogP contribution in [-0.4, -0.2) is 17.1 Å². The van der Waals surface area contributed by atoms with Crippen LogP contribution in [0.2, 0.25) is 0 Å². The number of rotatable bonds is 3. The number of nitrogens with two attached hydrogens (primary N) is 1. The molecule has 1 aliphatic carbocycles. The molecule has 1 fully saturated rings. The van der Waals surface area contributed by atoms with E-state index in [1.807, 2.05) is 19.1 Å². The van der Waals surface area contributed by atoms with Gasteiger partial charge in [0.25, 0.3) is 0 Å². The van der Waals surface area contributed by atoms with Crippen LogP contribution in [0.25, 0.3) is 0 Å². The maximum Gasteiger partial charge on any atom is 0.199 e. The van der Waals surface area contributed by atoms with Crippen molar-refractivity contribution in [2.45, 2.75) is 39.2 Å². The van der Waals surface area contributed by atoms with Crippen molar-refractivity contribution in [1.82, 2.24) is 5.32 Å². The summed E-state index contributed by atoms with van der Waals surface area (Å²) in [6.07, 6.45) is 3.16. The lowest BCUT2D eigenvalue weighted by atomic mass is 10.0. The first-order valence-electron chi connectivity index (χ1n) is 6.57. The molecule has 0 heterocycles. The zero-order valence-electron chi connectivity index (χ0n) is 11.4. The van der Waals surface area contributed by atoms with Crippen LogP contribution < -0.4 is 16.0 Å². The zero-order chi connectivity index (χ0) is 14.0. The molecule has 0 spiro atoms. The van der Waals surface area contributed by atoms with Crippen molar-refractivity contribution < 1.29 is 0 Å². The summed E-state index contributed by atoms with van der Waals surface area (Å²) in [5.41, 5.74) is 8.91. The molecule has 1 aromatic rings. The minimum atomic E-state index is -0.0397. The van der Waals surface area contributed by atoms with Crippen molar-refractivity contribution in [2.24, 2.45) is 5.73 Å². The summed E-state index contributed by atoms with van der Waals surface area (Å²) in [5, 5.41) is 11.6. The molecule has 102 valence electrons. The molecule has 0 bridgehead atoms. The van der Waals surface area contributed by atoms with E-state index in [-0.39, 0.29) is 5.96 Å². The maximum atomic E-state index is 7.83. The Balaban J connectivity index is 2.37. The van der Waals surface area contributed by atoms with Gasteiger partial charge in [-0.3, -0.25) is 10.3 Å². The second-order valence-corrected chi connectivity index (χ2v) is 5.27. The monoisotopic (exact) mass is 276 g/mol. The highest BCUT2D eigenvalue weighted by atomic mass is 32.1. The molecule has 1 aliphatic rings. The average molecular weight is 276 g/mol. The van der Waals surface area contributed by atoms with E-state index in [2.05, 4.69) is 18.3 Å². The van der Waals surface area contributed by atoms with Gasteiger partial charge in [0.1, 0.15) is 0 Å². The number of benzene rings is 1. The molecule has 4 N–H and O–H groups in total. The summed E-state index contributed by atoms with van der Waals surface area (Å²) in [6.45, 7) is 4.11. The maximum absolute atomic E-state index is 7.83. The second kappa shape index (κ2) is 5.57. The molecule has 0 aromatic heterocycles.